The van der Waals surface area contributed by atoms with Crippen LogP contribution in [0.4, 0.5) is 14.9 Å². The van der Waals surface area contributed by atoms with E-state index in [1.54, 1.807) is 39.2 Å². The molecule has 0 aromatic heterocycles. The Balaban J connectivity index is 2.10. The van der Waals surface area contributed by atoms with Gasteiger partial charge in [0.25, 0.3) is 0 Å². The van der Waals surface area contributed by atoms with Crippen molar-refractivity contribution < 1.29 is 14.0 Å². The Bertz CT molecular complexity index is 841. The minimum absolute atomic E-state index is 0.333. The molecular weight excluding hydrogens is 311 g/mol. The van der Waals surface area contributed by atoms with E-state index in [0.29, 0.717) is 28.4 Å². The van der Waals surface area contributed by atoms with E-state index >= 15 is 0 Å². The molecule has 1 unspecified atom stereocenters. The Kier molecular flexibility index (Phi) is 3.79. The molecule has 6 nitrogen and oxygen atoms in total. The lowest BCUT2D eigenvalue weighted by Crippen LogP contribution is -2.59. The zero-order chi connectivity index (χ0) is 17.6. The molecular formula is C17H17FN4O2. The topological polar surface area (TPSA) is 65.3 Å². The summed E-state index contributed by atoms with van der Waals surface area (Å²) >= 11 is 0. The van der Waals surface area contributed by atoms with Gasteiger partial charge in [-0.15, -0.1) is 0 Å². The summed E-state index contributed by atoms with van der Waals surface area (Å²) in [6.07, 6.45) is 1.57. The van der Waals surface area contributed by atoms with Crippen LogP contribution >= 0.6 is 0 Å². The van der Waals surface area contributed by atoms with Crippen LogP contribution in [0.2, 0.25) is 0 Å². The number of carbonyl (C=O) groups is 2. The molecule has 3 rings (SSSR count). The van der Waals surface area contributed by atoms with Crippen LogP contribution in [-0.4, -0.2) is 47.4 Å². The maximum Gasteiger partial charge on any atom is 0.331 e. The molecule has 1 aromatic rings. The maximum absolute atomic E-state index is 13.8. The highest BCUT2D eigenvalue weighted by atomic mass is 19.1. The van der Waals surface area contributed by atoms with Crippen LogP contribution in [-0.2, 0) is 4.79 Å². The summed E-state index contributed by atoms with van der Waals surface area (Å²) in [4.78, 5) is 35.7. The Morgan fingerprint density at radius 2 is 1.88 bits per heavy atom. The van der Waals surface area contributed by atoms with Gasteiger partial charge in [-0.1, -0.05) is 6.07 Å². The predicted molar refractivity (Wildman–Crippen MR) is 88.8 cm³/mol. The third kappa shape index (κ3) is 2.42. The first kappa shape index (κ1) is 16.0. The number of carbonyl (C=O) groups excluding carboxylic acids is 2. The van der Waals surface area contributed by atoms with Crippen LogP contribution in [0.25, 0.3) is 0 Å². The van der Waals surface area contributed by atoms with Crippen molar-refractivity contribution in [3.63, 3.8) is 0 Å². The number of rotatable bonds is 1. The van der Waals surface area contributed by atoms with Gasteiger partial charge in [0.05, 0.1) is 11.4 Å². The monoisotopic (exact) mass is 328 g/mol. The minimum Gasteiger partial charge on any atom is -0.284 e. The lowest BCUT2D eigenvalue weighted by atomic mass is 9.91. The number of amidine groups is 1. The third-order valence-electron chi connectivity index (χ3n) is 4.23. The molecule has 3 amide bonds. The Labute approximate surface area is 139 Å². The number of nitrogens with zero attached hydrogens (tertiary/aromatic N) is 4. The third-order valence-corrected chi connectivity index (χ3v) is 4.23. The first-order valence-electron chi connectivity index (χ1n) is 7.46. The number of allylic oxidation sites excluding steroid dienone is 1. The van der Waals surface area contributed by atoms with Crippen molar-refractivity contribution in [2.45, 2.75) is 13.8 Å². The second kappa shape index (κ2) is 5.67. The number of halogens is 1. The Hall–Kier alpha value is -2.83. The van der Waals surface area contributed by atoms with Crippen LogP contribution < -0.4 is 0 Å². The molecule has 124 valence electrons. The first-order valence-corrected chi connectivity index (χ1v) is 7.46. The fourth-order valence-electron chi connectivity index (χ4n) is 2.72. The molecule has 1 saturated heterocycles. The van der Waals surface area contributed by atoms with Crippen LogP contribution in [0.3, 0.4) is 0 Å². The molecule has 7 heteroatoms. The highest BCUT2D eigenvalue weighted by Crippen LogP contribution is 2.28. The fourth-order valence-corrected chi connectivity index (χ4v) is 2.72. The number of hydrogen-bond donors (Lipinski definition) is 0. The Morgan fingerprint density at radius 3 is 2.54 bits per heavy atom. The number of benzene rings is 1. The van der Waals surface area contributed by atoms with Gasteiger partial charge in [-0.3, -0.25) is 19.6 Å². The van der Waals surface area contributed by atoms with Crippen molar-refractivity contribution in [1.82, 2.24) is 9.80 Å². The molecule has 1 fully saturated rings. The van der Waals surface area contributed by atoms with Crippen molar-refractivity contribution in [1.29, 1.82) is 0 Å². The largest absolute Gasteiger partial charge is 0.331 e. The standard InChI is InChI=1S/C17H17FN4O2/c1-9-5-6-11(7-12(9)18)20-14-10(2)8-19-15-13(14)16(23)22(4)17(24)21(15)3/h5-8,13H,1-4H3. The number of imide groups is 1. The van der Waals surface area contributed by atoms with Gasteiger partial charge in [-0.2, -0.15) is 0 Å². The van der Waals surface area contributed by atoms with E-state index in [0.717, 1.165) is 4.90 Å². The van der Waals surface area contributed by atoms with E-state index in [9.17, 15) is 14.0 Å². The number of amides is 3. The van der Waals surface area contributed by atoms with Crippen molar-refractivity contribution in [2.75, 3.05) is 14.1 Å². The maximum atomic E-state index is 13.8. The summed E-state index contributed by atoms with van der Waals surface area (Å²) in [6.45, 7) is 3.45. The summed E-state index contributed by atoms with van der Waals surface area (Å²) < 4.78 is 13.8. The molecule has 24 heavy (non-hydrogen) atoms. The normalized spacial score (nSPS) is 22.5. The van der Waals surface area contributed by atoms with Gasteiger partial charge in [-0.25, -0.2) is 14.2 Å². The number of aryl methyl sites for hydroxylation is 1. The molecule has 2 aliphatic heterocycles. The average Bonchev–Trinajstić information content (AvgIpc) is 2.56. The van der Waals surface area contributed by atoms with E-state index in [-0.39, 0.29) is 5.82 Å². The van der Waals surface area contributed by atoms with Gasteiger partial charge >= 0.3 is 6.03 Å². The molecule has 0 radical (unpaired) electrons. The molecule has 1 atom stereocenters. The molecule has 0 saturated carbocycles. The predicted octanol–water partition coefficient (Wildman–Crippen LogP) is 2.66. The first-order chi connectivity index (χ1) is 11.3. The summed E-state index contributed by atoms with van der Waals surface area (Å²) in [7, 11) is 2.99. The smallest absolute Gasteiger partial charge is 0.284 e. The molecule has 2 heterocycles. The van der Waals surface area contributed by atoms with Gasteiger partial charge in [-0.05, 0) is 37.1 Å². The summed E-state index contributed by atoms with van der Waals surface area (Å²) in [5, 5.41) is 0. The quantitative estimate of drug-likeness (QED) is 0.795. The van der Waals surface area contributed by atoms with Crippen molar-refractivity contribution in [2.24, 2.45) is 15.9 Å². The van der Waals surface area contributed by atoms with Gasteiger partial charge < -0.3 is 0 Å². The van der Waals surface area contributed by atoms with Crippen molar-refractivity contribution >= 4 is 29.2 Å². The lowest BCUT2D eigenvalue weighted by molar-refractivity contribution is -0.128. The Morgan fingerprint density at radius 1 is 1.17 bits per heavy atom. The number of urea groups is 1. The number of hydrogen-bond acceptors (Lipinski definition) is 4. The van der Waals surface area contributed by atoms with Crippen LogP contribution in [0.15, 0.2) is 40.0 Å². The molecule has 2 aliphatic rings. The molecule has 1 aromatic carbocycles. The lowest BCUT2D eigenvalue weighted by Gasteiger charge is -2.37. The summed E-state index contributed by atoms with van der Waals surface area (Å²) in [5.41, 5.74) is 2.11. The van der Waals surface area contributed by atoms with Crippen LogP contribution in [0, 0.1) is 18.7 Å². The number of fused-ring (bicyclic) bond motifs is 1. The fraction of sp³-hybridized carbons (Fsp3) is 0.294. The van der Waals surface area contributed by atoms with E-state index in [1.807, 2.05) is 0 Å². The SMILES string of the molecule is CC1=CN=C2C(C(=O)N(C)C(=O)N2C)C1=Nc1ccc(C)c(F)c1. The van der Waals surface area contributed by atoms with Gasteiger partial charge in [0.15, 0.2) is 0 Å². The van der Waals surface area contributed by atoms with Gasteiger partial charge in [0.2, 0.25) is 5.91 Å². The van der Waals surface area contributed by atoms with Crippen LogP contribution in [0.1, 0.15) is 12.5 Å². The van der Waals surface area contributed by atoms with E-state index in [4.69, 9.17) is 0 Å². The molecule has 0 bridgehead atoms. The minimum atomic E-state index is -0.771. The van der Waals surface area contributed by atoms with Crippen molar-refractivity contribution in [3.8, 4) is 0 Å². The van der Waals surface area contributed by atoms with E-state index in [1.165, 1.54) is 18.0 Å². The highest BCUT2D eigenvalue weighted by Gasteiger charge is 2.45. The zero-order valence-electron chi connectivity index (χ0n) is 13.9. The van der Waals surface area contributed by atoms with Gasteiger partial charge in [0.1, 0.15) is 17.6 Å². The summed E-state index contributed by atoms with van der Waals surface area (Å²) in [5.74, 6) is -1.19. The summed E-state index contributed by atoms with van der Waals surface area (Å²) in [6, 6.07) is 4.21. The second-order valence-corrected chi connectivity index (χ2v) is 5.90. The number of aliphatic imine (C=N–C) groups is 2. The van der Waals surface area contributed by atoms with E-state index in [2.05, 4.69) is 9.98 Å². The second-order valence-electron chi connectivity index (χ2n) is 5.90. The molecule has 0 spiro atoms. The molecule has 0 N–H and O–H groups in total. The van der Waals surface area contributed by atoms with Crippen molar-refractivity contribution in [3.05, 3.63) is 41.4 Å². The highest BCUT2D eigenvalue weighted by molar-refractivity contribution is 6.33. The zero-order valence-corrected chi connectivity index (χ0v) is 13.9. The van der Waals surface area contributed by atoms with E-state index < -0.39 is 17.9 Å². The van der Waals surface area contributed by atoms with Gasteiger partial charge in [0, 0.05) is 20.3 Å². The van der Waals surface area contributed by atoms with Crippen LogP contribution in [0.5, 0.6) is 0 Å². The average molecular weight is 328 g/mol. The molecule has 0 aliphatic carbocycles.